The zero-order chi connectivity index (χ0) is 20.4. The van der Waals surface area contributed by atoms with Gasteiger partial charge in [-0.15, -0.1) is 11.3 Å². The molecule has 2 N–H and O–H groups in total. The summed E-state index contributed by atoms with van der Waals surface area (Å²) in [6.45, 7) is 2.40. The number of methoxy groups -OCH3 is 1. The van der Waals surface area contributed by atoms with Gasteiger partial charge in [-0.3, -0.25) is 14.1 Å². The summed E-state index contributed by atoms with van der Waals surface area (Å²) in [4.78, 5) is 50.4. The number of hydrogen-bond donors (Lipinski definition) is 2. The first-order valence-corrected chi connectivity index (χ1v) is 10.1. The molecule has 2 aromatic rings. The van der Waals surface area contributed by atoms with Gasteiger partial charge in [0.1, 0.15) is 5.00 Å². The summed E-state index contributed by atoms with van der Waals surface area (Å²) in [7, 11) is 2.87. The van der Waals surface area contributed by atoms with Crippen molar-refractivity contribution in [2.24, 2.45) is 7.05 Å². The minimum Gasteiger partial charge on any atom is -0.465 e. The van der Waals surface area contributed by atoms with E-state index in [0.717, 1.165) is 22.2 Å². The van der Waals surface area contributed by atoms with Gasteiger partial charge < -0.3 is 15.0 Å². The van der Waals surface area contributed by atoms with Crippen LogP contribution < -0.4 is 15.6 Å². The SMILES string of the molecule is COC(=O)c1c(NC(=O)CSc2c(=O)o[nH][n+]2C)sc2c1CCN(C(C)=O)C2. The lowest BCUT2D eigenvalue weighted by Gasteiger charge is -2.25. The molecule has 0 unspecified atom stereocenters. The molecule has 2 amide bonds. The molecule has 0 fully saturated rings. The number of nitrogens with zero attached hydrogens (tertiary/aromatic N) is 2. The van der Waals surface area contributed by atoms with Gasteiger partial charge in [0.25, 0.3) is 0 Å². The summed E-state index contributed by atoms with van der Waals surface area (Å²) in [6.07, 6.45) is 0.515. The molecule has 1 aliphatic heterocycles. The van der Waals surface area contributed by atoms with E-state index in [4.69, 9.17) is 4.74 Å². The molecule has 2 aromatic heterocycles. The predicted molar refractivity (Wildman–Crippen MR) is 100 cm³/mol. The number of hydrogen-bond acceptors (Lipinski definition) is 8. The molecular weight excluding hydrogens is 408 g/mol. The van der Waals surface area contributed by atoms with E-state index in [2.05, 4.69) is 15.1 Å². The quantitative estimate of drug-likeness (QED) is 0.399. The lowest BCUT2D eigenvalue weighted by Crippen LogP contribution is -2.34. The number of rotatable bonds is 5. The highest BCUT2D eigenvalue weighted by Gasteiger charge is 2.30. The average Bonchev–Trinajstić information content (AvgIpc) is 3.17. The molecule has 12 heteroatoms. The van der Waals surface area contributed by atoms with Crippen molar-refractivity contribution in [1.82, 2.24) is 10.2 Å². The molecule has 150 valence electrons. The summed E-state index contributed by atoms with van der Waals surface area (Å²) in [5.41, 5.74) is 0.567. The van der Waals surface area contributed by atoms with E-state index < -0.39 is 11.6 Å². The minimum atomic E-state index is -0.563. The third-order valence-electron chi connectivity index (χ3n) is 4.24. The number of aromatic nitrogens is 2. The predicted octanol–water partition coefficient (Wildman–Crippen LogP) is 0.276. The number of aromatic amines is 1. The summed E-state index contributed by atoms with van der Waals surface area (Å²) < 4.78 is 10.9. The van der Waals surface area contributed by atoms with Gasteiger partial charge in [-0.1, -0.05) is 4.68 Å². The van der Waals surface area contributed by atoms with Gasteiger partial charge in [-0.05, 0) is 29.0 Å². The van der Waals surface area contributed by atoms with Crippen molar-refractivity contribution < 1.29 is 28.3 Å². The molecule has 0 saturated heterocycles. The van der Waals surface area contributed by atoms with Crippen LogP contribution in [0.1, 0.15) is 27.7 Å². The maximum atomic E-state index is 12.4. The van der Waals surface area contributed by atoms with Crippen LogP contribution in [-0.2, 0) is 34.3 Å². The summed E-state index contributed by atoms with van der Waals surface area (Å²) in [6, 6.07) is 0. The molecule has 0 aliphatic carbocycles. The summed E-state index contributed by atoms with van der Waals surface area (Å²) in [5, 5.41) is 5.75. The number of carbonyl (C=O) groups excluding carboxylic acids is 3. The van der Waals surface area contributed by atoms with Gasteiger partial charge in [0.05, 0.1) is 25.0 Å². The van der Waals surface area contributed by atoms with Gasteiger partial charge in [-0.2, -0.15) is 0 Å². The first-order chi connectivity index (χ1) is 13.3. The monoisotopic (exact) mass is 427 g/mol. The number of esters is 1. The molecule has 0 bridgehead atoms. The van der Waals surface area contributed by atoms with E-state index in [9.17, 15) is 19.2 Å². The second kappa shape index (κ2) is 8.19. The molecule has 1 aliphatic rings. The third kappa shape index (κ3) is 3.97. The zero-order valence-corrected chi connectivity index (χ0v) is 17.1. The highest BCUT2D eigenvalue weighted by molar-refractivity contribution is 7.99. The molecule has 0 saturated carbocycles. The number of thioether (sulfide) groups is 1. The van der Waals surface area contributed by atoms with E-state index in [1.54, 1.807) is 11.9 Å². The van der Waals surface area contributed by atoms with Crippen LogP contribution in [-0.4, -0.2) is 47.4 Å². The Morgan fingerprint density at radius 1 is 1.43 bits per heavy atom. The fourth-order valence-corrected chi connectivity index (χ4v) is 4.86. The molecule has 3 rings (SSSR count). The van der Waals surface area contributed by atoms with Gasteiger partial charge >= 0.3 is 16.6 Å². The van der Waals surface area contributed by atoms with Gasteiger partial charge in [-0.25, -0.2) is 9.59 Å². The van der Waals surface area contributed by atoms with Crippen LogP contribution in [0.25, 0.3) is 0 Å². The smallest absolute Gasteiger partial charge is 0.441 e. The largest absolute Gasteiger partial charge is 0.465 e. The molecule has 0 spiro atoms. The topological polar surface area (TPSA) is 126 Å². The summed E-state index contributed by atoms with van der Waals surface area (Å²) >= 11 is 2.27. The van der Waals surface area contributed by atoms with Crippen molar-refractivity contribution in [2.45, 2.75) is 24.9 Å². The molecular formula is C16H19N4O6S2+. The Kier molecular flexibility index (Phi) is 5.89. The Labute approximate surface area is 167 Å². The minimum absolute atomic E-state index is 0.0425. The van der Waals surface area contributed by atoms with E-state index in [1.165, 1.54) is 30.1 Å². The number of thiophene rings is 1. The highest BCUT2D eigenvalue weighted by Crippen LogP contribution is 2.37. The second-order valence-corrected chi connectivity index (χ2v) is 8.14. The number of ether oxygens (including phenoxy) is 1. The maximum absolute atomic E-state index is 12.4. The number of nitrogens with one attached hydrogen (secondary N) is 2. The van der Waals surface area contributed by atoms with Crippen LogP contribution in [0.15, 0.2) is 14.3 Å². The molecule has 0 radical (unpaired) electrons. The van der Waals surface area contributed by atoms with Crippen LogP contribution >= 0.6 is 23.1 Å². The van der Waals surface area contributed by atoms with Crippen LogP contribution in [0.4, 0.5) is 5.00 Å². The Bertz CT molecular complexity index is 992. The Morgan fingerprint density at radius 3 is 2.79 bits per heavy atom. The van der Waals surface area contributed by atoms with Crippen molar-refractivity contribution in [1.29, 1.82) is 0 Å². The molecule has 10 nitrogen and oxygen atoms in total. The lowest BCUT2D eigenvalue weighted by molar-refractivity contribution is -0.772. The second-order valence-electron chi connectivity index (χ2n) is 6.07. The fraction of sp³-hybridized carbons (Fsp3) is 0.438. The number of fused-ring (bicyclic) bond motifs is 1. The van der Waals surface area contributed by atoms with E-state index in [1.807, 2.05) is 0 Å². The Hall–Kier alpha value is -2.60. The number of carbonyl (C=O) groups is 3. The van der Waals surface area contributed by atoms with Crippen molar-refractivity contribution in [3.05, 3.63) is 26.4 Å². The van der Waals surface area contributed by atoms with Crippen LogP contribution in [0.3, 0.4) is 0 Å². The Balaban J connectivity index is 1.79. The zero-order valence-electron chi connectivity index (χ0n) is 15.5. The van der Waals surface area contributed by atoms with Gasteiger partial charge in [0.15, 0.2) is 7.05 Å². The standard InChI is InChI=1S/C16H18N4O6S2/c1-8(21)20-5-4-9-10(6-20)28-13(12(9)15(23)25-3)17-11(22)7-27-14-16(24)26-18-19(14)2/h4-7H2,1-3H3,(H-,17,18,22,23,24)/p+1. The van der Waals surface area contributed by atoms with E-state index >= 15 is 0 Å². The maximum Gasteiger partial charge on any atom is 0.441 e. The third-order valence-corrected chi connectivity index (χ3v) is 6.49. The van der Waals surface area contributed by atoms with Crippen LogP contribution in [0.5, 0.6) is 0 Å². The van der Waals surface area contributed by atoms with Crippen molar-refractivity contribution >= 4 is 45.9 Å². The van der Waals surface area contributed by atoms with E-state index in [-0.39, 0.29) is 22.6 Å². The van der Waals surface area contributed by atoms with E-state index in [0.29, 0.717) is 30.1 Å². The van der Waals surface area contributed by atoms with Gasteiger partial charge in [0.2, 0.25) is 11.8 Å². The van der Waals surface area contributed by atoms with Crippen LogP contribution in [0, 0.1) is 0 Å². The van der Waals surface area contributed by atoms with Crippen molar-refractivity contribution in [3.63, 3.8) is 0 Å². The van der Waals surface area contributed by atoms with Gasteiger partial charge in [0, 0.05) is 18.3 Å². The molecule has 3 heterocycles. The first kappa shape index (κ1) is 20.1. The molecule has 28 heavy (non-hydrogen) atoms. The molecule has 0 aromatic carbocycles. The Morgan fingerprint density at radius 2 is 2.18 bits per heavy atom. The number of amides is 2. The van der Waals surface area contributed by atoms with Crippen LogP contribution in [0.2, 0.25) is 0 Å². The van der Waals surface area contributed by atoms with Crippen molar-refractivity contribution in [3.8, 4) is 0 Å². The summed E-state index contributed by atoms with van der Waals surface area (Å²) in [5.74, 6) is -0.995. The van der Waals surface area contributed by atoms with Crippen molar-refractivity contribution in [2.75, 3.05) is 24.7 Å². The normalized spacial score (nSPS) is 13.2. The number of aryl methyl sites for hydroxylation is 1. The first-order valence-electron chi connectivity index (χ1n) is 8.30. The lowest BCUT2D eigenvalue weighted by atomic mass is 10.0. The number of anilines is 1. The average molecular weight is 427 g/mol. The highest BCUT2D eigenvalue weighted by atomic mass is 32.2. The fourth-order valence-electron chi connectivity index (χ4n) is 2.86. The molecule has 0 atom stereocenters. The number of H-pyrrole nitrogens is 1.